The van der Waals surface area contributed by atoms with Gasteiger partial charge in [0.1, 0.15) is 11.8 Å². The van der Waals surface area contributed by atoms with Gasteiger partial charge in [0.15, 0.2) is 0 Å². The van der Waals surface area contributed by atoms with E-state index < -0.39 is 12.7 Å². The van der Waals surface area contributed by atoms with Crippen molar-refractivity contribution in [2.75, 3.05) is 20.6 Å². The van der Waals surface area contributed by atoms with Crippen molar-refractivity contribution >= 4 is 5.91 Å². The molecule has 1 amide bonds. The molecule has 0 aliphatic rings. The lowest BCUT2D eigenvalue weighted by molar-refractivity contribution is -0.136. The minimum atomic E-state index is -2.87. The summed E-state index contributed by atoms with van der Waals surface area (Å²) in [5.74, 6) is 0.0318. The maximum atomic E-state index is 13.0. The number of likely N-dealkylation sites (N-methyl/N-ethyl adjacent to an activating group) is 2. The lowest BCUT2D eigenvalue weighted by Gasteiger charge is -2.30. The molecule has 0 fully saturated rings. The predicted molar refractivity (Wildman–Crippen MR) is 97.0 cm³/mol. The molecule has 0 spiro atoms. The van der Waals surface area contributed by atoms with Gasteiger partial charge in [0.25, 0.3) is 0 Å². The Kier molecular flexibility index (Phi) is 7.09. The molecule has 26 heavy (non-hydrogen) atoms. The van der Waals surface area contributed by atoms with Crippen LogP contribution in [0.25, 0.3) is 0 Å². The van der Waals surface area contributed by atoms with Gasteiger partial charge in [0.2, 0.25) is 5.91 Å². The van der Waals surface area contributed by atoms with E-state index >= 15 is 0 Å². The van der Waals surface area contributed by atoms with Crippen LogP contribution in [-0.2, 0) is 11.3 Å². The Morgan fingerprint density at radius 3 is 2.38 bits per heavy atom. The van der Waals surface area contributed by atoms with Crippen LogP contribution in [0.4, 0.5) is 8.78 Å². The molecule has 4 nitrogen and oxygen atoms in total. The molecule has 0 saturated carbocycles. The molecule has 0 bridgehead atoms. The molecule has 0 heterocycles. The molecule has 1 unspecified atom stereocenters. The summed E-state index contributed by atoms with van der Waals surface area (Å²) in [6.07, 6.45) is 0. The molecule has 2 rings (SSSR count). The Hall–Kier alpha value is -2.47. The summed E-state index contributed by atoms with van der Waals surface area (Å²) < 4.78 is 29.2. The van der Waals surface area contributed by atoms with Gasteiger partial charge in [0.05, 0.1) is 0 Å². The van der Waals surface area contributed by atoms with Gasteiger partial charge in [-0.25, -0.2) is 0 Å². The summed E-state index contributed by atoms with van der Waals surface area (Å²) in [6, 6.07) is 15.6. The molecule has 0 aliphatic carbocycles. The molecule has 0 radical (unpaired) electrons. The van der Waals surface area contributed by atoms with Gasteiger partial charge in [-0.2, -0.15) is 8.78 Å². The zero-order chi connectivity index (χ0) is 19.1. The molecule has 0 aliphatic heterocycles. The smallest absolute Gasteiger partial charge is 0.387 e. The first-order valence-electron chi connectivity index (χ1n) is 8.46. The fraction of sp³-hybridized carbons (Fsp3) is 0.350. The minimum Gasteiger partial charge on any atom is -0.435 e. The number of hydrogen-bond donors (Lipinski definition) is 0. The van der Waals surface area contributed by atoms with Crippen molar-refractivity contribution in [1.29, 1.82) is 0 Å². The molecule has 0 aromatic heterocycles. The average molecular weight is 362 g/mol. The first-order chi connectivity index (χ1) is 12.4. The van der Waals surface area contributed by atoms with E-state index in [0.29, 0.717) is 6.54 Å². The summed E-state index contributed by atoms with van der Waals surface area (Å²) in [6.45, 7) is 0.149. The van der Waals surface area contributed by atoms with Gasteiger partial charge in [-0.1, -0.05) is 49.4 Å². The van der Waals surface area contributed by atoms with Gasteiger partial charge in [-0.15, -0.1) is 0 Å². The van der Waals surface area contributed by atoms with Crippen LogP contribution in [0.1, 0.15) is 24.1 Å². The highest BCUT2D eigenvalue weighted by atomic mass is 19.3. The SMILES string of the molecule is CCN(C)C(C(=O)N(C)Cc1cccc(OC(F)F)c1)c1ccccc1. The number of halogens is 2. The Labute approximate surface area is 153 Å². The van der Waals surface area contributed by atoms with Crippen molar-refractivity contribution < 1.29 is 18.3 Å². The molecular formula is C20H24F2N2O2. The summed E-state index contributed by atoms with van der Waals surface area (Å²) in [5, 5.41) is 0. The van der Waals surface area contributed by atoms with Crippen LogP contribution < -0.4 is 4.74 Å². The Morgan fingerprint density at radius 2 is 1.77 bits per heavy atom. The van der Waals surface area contributed by atoms with Crippen molar-refractivity contribution in [1.82, 2.24) is 9.80 Å². The maximum absolute atomic E-state index is 13.0. The third kappa shape index (κ3) is 5.26. The summed E-state index contributed by atoms with van der Waals surface area (Å²) >= 11 is 0. The minimum absolute atomic E-state index is 0.0549. The number of carbonyl (C=O) groups is 1. The average Bonchev–Trinajstić information content (AvgIpc) is 2.62. The van der Waals surface area contributed by atoms with E-state index in [0.717, 1.165) is 17.7 Å². The number of alkyl halides is 2. The van der Waals surface area contributed by atoms with Gasteiger partial charge in [-0.3, -0.25) is 9.69 Å². The standard InChI is InChI=1S/C20H24F2N2O2/c1-4-23(2)18(16-10-6-5-7-11-16)19(25)24(3)14-15-9-8-12-17(13-15)26-20(21)22/h5-13,18,20H,4,14H2,1-3H3. The Morgan fingerprint density at radius 1 is 1.08 bits per heavy atom. The zero-order valence-electron chi connectivity index (χ0n) is 15.2. The highest BCUT2D eigenvalue weighted by Crippen LogP contribution is 2.23. The van der Waals surface area contributed by atoms with Crippen molar-refractivity contribution in [3.8, 4) is 5.75 Å². The summed E-state index contributed by atoms with van der Waals surface area (Å²) in [5.41, 5.74) is 1.65. The number of carbonyl (C=O) groups excluding carboxylic acids is 1. The number of rotatable bonds is 8. The topological polar surface area (TPSA) is 32.8 Å². The molecular weight excluding hydrogens is 338 g/mol. The van der Waals surface area contributed by atoms with Crippen LogP contribution in [0.2, 0.25) is 0 Å². The highest BCUT2D eigenvalue weighted by Gasteiger charge is 2.27. The van der Waals surface area contributed by atoms with Crippen molar-refractivity contribution in [2.45, 2.75) is 26.1 Å². The number of hydrogen-bond acceptors (Lipinski definition) is 3. The third-order valence-electron chi connectivity index (χ3n) is 4.21. The Bertz CT molecular complexity index is 710. The van der Waals surface area contributed by atoms with Crippen molar-refractivity contribution in [3.63, 3.8) is 0 Å². The molecule has 0 N–H and O–H groups in total. The van der Waals surface area contributed by atoms with E-state index in [9.17, 15) is 13.6 Å². The number of benzene rings is 2. The second-order valence-corrected chi connectivity index (χ2v) is 6.11. The fourth-order valence-electron chi connectivity index (χ4n) is 2.78. The molecule has 6 heteroatoms. The van der Waals surface area contributed by atoms with E-state index in [1.54, 1.807) is 24.1 Å². The van der Waals surface area contributed by atoms with Gasteiger partial charge < -0.3 is 9.64 Å². The summed E-state index contributed by atoms with van der Waals surface area (Å²) in [7, 11) is 3.61. The van der Waals surface area contributed by atoms with E-state index in [1.165, 1.54) is 12.1 Å². The largest absolute Gasteiger partial charge is 0.435 e. The first-order valence-corrected chi connectivity index (χ1v) is 8.46. The molecule has 0 saturated heterocycles. The van der Waals surface area contributed by atoms with Gasteiger partial charge in [0, 0.05) is 13.6 Å². The molecule has 1 atom stereocenters. The number of ether oxygens (including phenoxy) is 1. The van der Waals surface area contributed by atoms with E-state index in [4.69, 9.17) is 0 Å². The second kappa shape index (κ2) is 9.29. The maximum Gasteiger partial charge on any atom is 0.387 e. The Balaban J connectivity index is 2.16. The predicted octanol–water partition coefficient (Wildman–Crippen LogP) is 3.94. The van der Waals surface area contributed by atoms with Crippen LogP contribution in [0.15, 0.2) is 54.6 Å². The summed E-state index contributed by atoms with van der Waals surface area (Å²) in [4.78, 5) is 16.6. The van der Waals surface area contributed by atoms with Gasteiger partial charge in [-0.05, 0) is 36.9 Å². The monoisotopic (exact) mass is 362 g/mol. The van der Waals surface area contributed by atoms with E-state index in [-0.39, 0.29) is 11.7 Å². The van der Waals surface area contributed by atoms with Crippen LogP contribution in [-0.4, -0.2) is 43.0 Å². The second-order valence-electron chi connectivity index (χ2n) is 6.11. The lowest BCUT2D eigenvalue weighted by Crippen LogP contribution is -2.39. The highest BCUT2D eigenvalue weighted by molar-refractivity contribution is 5.83. The van der Waals surface area contributed by atoms with Crippen LogP contribution in [0.5, 0.6) is 5.75 Å². The van der Waals surface area contributed by atoms with Crippen LogP contribution >= 0.6 is 0 Å². The van der Waals surface area contributed by atoms with Gasteiger partial charge >= 0.3 is 6.61 Å². The molecule has 140 valence electrons. The van der Waals surface area contributed by atoms with Crippen molar-refractivity contribution in [3.05, 3.63) is 65.7 Å². The normalized spacial score (nSPS) is 12.3. The lowest BCUT2D eigenvalue weighted by atomic mass is 10.0. The van der Waals surface area contributed by atoms with E-state index in [1.807, 2.05) is 49.2 Å². The van der Waals surface area contributed by atoms with Crippen molar-refractivity contribution in [2.24, 2.45) is 0 Å². The quantitative estimate of drug-likeness (QED) is 0.713. The number of amides is 1. The first kappa shape index (κ1) is 19.8. The third-order valence-corrected chi connectivity index (χ3v) is 4.21. The van der Waals surface area contributed by atoms with E-state index in [2.05, 4.69) is 4.74 Å². The fourth-order valence-corrected chi connectivity index (χ4v) is 2.78. The van der Waals surface area contributed by atoms with Crippen LogP contribution in [0, 0.1) is 0 Å². The van der Waals surface area contributed by atoms with Crippen LogP contribution in [0.3, 0.4) is 0 Å². The zero-order valence-corrected chi connectivity index (χ0v) is 15.2. The molecule has 2 aromatic carbocycles. The molecule has 2 aromatic rings. The number of nitrogens with zero attached hydrogens (tertiary/aromatic N) is 2.